The fourth-order valence-corrected chi connectivity index (χ4v) is 3.92. The van der Waals surface area contributed by atoms with Crippen LogP contribution in [0.2, 0.25) is 0 Å². The largest absolute Gasteiger partial charge is 0.481 e. The molecule has 7 heteroatoms. The van der Waals surface area contributed by atoms with Gasteiger partial charge in [-0.1, -0.05) is 37.3 Å². The summed E-state index contributed by atoms with van der Waals surface area (Å²) in [5, 5.41) is 9.54. The normalized spacial score (nSPS) is 24.6. The zero-order valence-corrected chi connectivity index (χ0v) is 15.9. The van der Waals surface area contributed by atoms with Crippen LogP contribution >= 0.6 is 0 Å². The molecule has 0 radical (unpaired) electrons. The second-order valence-electron chi connectivity index (χ2n) is 7.34. The van der Waals surface area contributed by atoms with E-state index in [0.717, 1.165) is 38.3 Å². The van der Waals surface area contributed by atoms with Gasteiger partial charge in [0.2, 0.25) is 0 Å². The zero-order valence-electron chi connectivity index (χ0n) is 15.9. The lowest BCUT2D eigenvalue weighted by atomic mass is 9.93. The number of carboxylic acids is 1. The number of amides is 1. The molecule has 148 valence electrons. The van der Waals surface area contributed by atoms with Gasteiger partial charge >= 0.3 is 12.1 Å². The van der Waals surface area contributed by atoms with Crippen molar-refractivity contribution in [3.05, 3.63) is 35.9 Å². The molecular formula is C20H29N3O4. The number of likely N-dealkylation sites (tertiary alicyclic amines) is 1. The van der Waals surface area contributed by atoms with Crippen LogP contribution in [0.25, 0.3) is 0 Å². The zero-order chi connectivity index (χ0) is 19.2. The summed E-state index contributed by atoms with van der Waals surface area (Å²) in [6.45, 7) is 7.95. The first-order chi connectivity index (χ1) is 13.1. The first kappa shape index (κ1) is 19.6. The molecule has 3 rings (SSSR count). The molecule has 27 heavy (non-hydrogen) atoms. The predicted molar refractivity (Wildman–Crippen MR) is 101 cm³/mol. The van der Waals surface area contributed by atoms with Gasteiger partial charge in [-0.15, -0.1) is 0 Å². The van der Waals surface area contributed by atoms with Crippen molar-refractivity contribution in [3.63, 3.8) is 0 Å². The minimum atomic E-state index is -0.840. The number of likely N-dealkylation sites (N-methyl/N-ethyl adjacent to an activating group) is 1. The predicted octanol–water partition coefficient (Wildman–Crippen LogP) is 1.74. The maximum atomic E-state index is 12.6. The molecule has 2 aliphatic heterocycles. The third-order valence-corrected chi connectivity index (χ3v) is 5.61. The SMILES string of the molecule is CCN1CCN([C@@H]2C[C@H](C(=O)O)CN(C(=O)OCc3ccccc3)C2)CC1. The van der Waals surface area contributed by atoms with Crippen LogP contribution in [0.3, 0.4) is 0 Å². The molecule has 1 N–H and O–H groups in total. The molecule has 1 amide bonds. The van der Waals surface area contributed by atoms with Gasteiger partial charge in [-0.25, -0.2) is 4.79 Å². The molecule has 0 aliphatic carbocycles. The number of carboxylic acid groups (broad SMARTS) is 1. The molecule has 0 unspecified atom stereocenters. The molecule has 2 aliphatic rings. The average Bonchev–Trinajstić information content (AvgIpc) is 2.72. The van der Waals surface area contributed by atoms with E-state index in [1.165, 1.54) is 0 Å². The quantitative estimate of drug-likeness (QED) is 0.845. The number of ether oxygens (including phenoxy) is 1. The van der Waals surface area contributed by atoms with Crippen LogP contribution in [0.15, 0.2) is 30.3 Å². The Morgan fingerprint density at radius 3 is 2.44 bits per heavy atom. The molecule has 0 spiro atoms. The number of rotatable bonds is 5. The first-order valence-corrected chi connectivity index (χ1v) is 9.71. The highest BCUT2D eigenvalue weighted by Gasteiger charge is 2.37. The topological polar surface area (TPSA) is 73.3 Å². The highest BCUT2D eigenvalue weighted by Crippen LogP contribution is 2.23. The average molecular weight is 375 g/mol. The van der Waals surface area contributed by atoms with Crippen LogP contribution in [0, 0.1) is 5.92 Å². The van der Waals surface area contributed by atoms with E-state index in [2.05, 4.69) is 16.7 Å². The van der Waals surface area contributed by atoms with Gasteiger partial charge in [0, 0.05) is 45.3 Å². The van der Waals surface area contributed by atoms with Crippen molar-refractivity contribution in [3.8, 4) is 0 Å². The highest BCUT2D eigenvalue weighted by atomic mass is 16.6. The summed E-state index contributed by atoms with van der Waals surface area (Å²) in [5.41, 5.74) is 0.921. The smallest absolute Gasteiger partial charge is 0.410 e. The number of piperazine rings is 1. The van der Waals surface area contributed by atoms with E-state index in [-0.39, 0.29) is 19.2 Å². The van der Waals surface area contributed by atoms with Crippen molar-refractivity contribution in [2.24, 2.45) is 5.92 Å². The Kier molecular flexibility index (Phi) is 6.68. The van der Waals surface area contributed by atoms with Crippen LogP contribution in [-0.4, -0.2) is 83.7 Å². The lowest BCUT2D eigenvalue weighted by Gasteiger charge is -2.44. The Bertz CT molecular complexity index is 631. The third-order valence-electron chi connectivity index (χ3n) is 5.61. The first-order valence-electron chi connectivity index (χ1n) is 9.71. The molecule has 2 atom stereocenters. The number of benzene rings is 1. The summed E-state index contributed by atoms with van der Waals surface area (Å²) in [7, 11) is 0. The van der Waals surface area contributed by atoms with Crippen molar-refractivity contribution in [2.75, 3.05) is 45.8 Å². The van der Waals surface area contributed by atoms with Crippen molar-refractivity contribution >= 4 is 12.1 Å². The van der Waals surface area contributed by atoms with Crippen molar-refractivity contribution in [2.45, 2.75) is 26.0 Å². The van der Waals surface area contributed by atoms with E-state index in [1.54, 1.807) is 4.90 Å². The molecule has 2 heterocycles. The van der Waals surface area contributed by atoms with Gasteiger partial charge in [0.15, 0.2) is 0 Å². The van der Waals surface area contributed by atoms with Gasteiger partial charge in [-0.3, -0.25) is 9.69 Å². The van der Waals surface area contributed by atoms with Gasteiger partial charge < -0.3 is 19.6 Å². The van der Waals surface area contributed by atoms with Crippen LogP contribution < -0.4 is 0 Å². The molecule has 1 aromatic rings. The van der Waals surface area contributed by atoms with E-state index in [4.69, 9.17) is 4.74 Å². The van der Waals surface area contributed by atoms with Gasteiger partial charge in [0.25, 0.3) is 0 Å². The van der Waals surface area contributed by atoms with Gasteiger partial charge in [-0.05, 0) is 18.5 Å². The number of carbonyl (C=O) groups is 2. The summed E-state index contributed by atoms with van der Waals surface area (Å²) in [5.74, 6) is -1.38. The number of nitrogens with zero attached hydrogens (tertiary/aromatic N) is 3. The highest BCUT2D eigenvalue weighted by molar-refractivity contribution is 5.73. The summed E-state index contributed by atoms with van der Waals surface area (Å²) in [4.78, 5) is 30.5. The summed E-state index contributed by atoms with van der Waals surface area (Å²) >= 11 is 0. The number of aliphatic carboxylic acids is 1. The van der Waals surface area contributed by atoms with Gasteiger partial charge in [0.1, 0.15) is 6.61 Å². The van der Waals surface area contributed by atoms with Crippen LogP contribution in [-0.2, 0) is 16.1 Å². The van der Waals surface area contributed by atoms with Crippen molar-refractivity contribution in [1.29, 1.82) is 0 Å². The van der Waals surface area contributed by atoms with Crippen LogP contribution in [0.5, 0.6) is 0 Å². The number of hydrogen-bond acceptors (Lipinski definition) is 5. The molecule has 1 aromatic carbocycles. The summed E-state index contributed by atoms with van der Waals surface area (Å²) < 4.78 is 5.43. The lowest BCUT2D eigenvalue weighted by molar-refractivity contribution is -0.144. The van der Waals surface area contributed by atoms with E-state index in [1.807, 2.05) is 30.3 Å². The van der Waals surface area contributed by atoms with E-state index in [0.29, 0.717) is 13.0 Å². The summed E-state index contributed by atoms with van der Waals surface area (Å²) in [6.07, 6.45) is 0.159. The molecular weight excluding hydrogens is 346 g/mol. The Hall–Kier alpha value is -2.12. The minimum Gasteiger partial charge on any atom is -0.481 e. The second-order valence-corrected chi connectivity index (χ2v) is 7.34. The fraction of sp³-hybridized carbons (Fsp3) is 0.600. The number of carbonyl (C=O) groups excluding carboxylic acids is 1. The van der Waals surface area contributed by atoms with Gasteiger partial charge in [-0.2, -0.15) is 0 Å². The lowest BCUT2D eigenvalue weighted by Crippen LogP contribution is -2.58. The Morgan fingerprint density at radius 2 is 1.81 bits per heavy atom. The third kappa shape index (κ3) is 5.20. The number of piperidine rings is 1. The maximum absolute atomic E-state index is 12.6. The Morgan fingerprint density at radius 1 is 1.11 bits per heavy atom. The standard InChI is InChI=1S/C20H29N3O4/c1-2-21-8-10-22(11-9-21)18-12-17(19(24)25)13-23(14-18)20(26)27-15-16-6-4-3-5-7-16/h3-7,17-18H,2,8-15H2,1H3,(H,24,25)/t17-,18+/m0/s1. The van der Waals surface area contributed by atoms with E-state index < -0.39 is 18.0 Å². The van der Waals surface area contributed by atoms with E-state index >= 15 is 0 Å². The maximum Gasteiger partial charge on any atom is 0.410 e. The minimum absolute atomic E-state index is 0.0723. The monoisotopic (exact) mass is 375 g/mol. The molecule has 0 bridgehead atoms. The summed E-state index contributed by atoms with van der Waals surface area (Å²) in [6, 6.07) is 9.59. The number of hydrogen-bond donors (Lipinski definition) is 1. The molecule has 0 saturated carbocycles. The van der Waals surface area contributed by atoms with Gasteiger partial charge in [0.05, 0.1) is 5.92 Å². The van der Waals surface area contributed by atoms with Crippen LogP contribution in [0.1, 0.15) is 18.9 Å². The fourth-order valence-electron chi connectivity index (χ4n) is 3.92. The van der Waals surface area contributed by atoms with Crippen LogP contribution in [0.4, 0.5) is 4.79 Å². The molecule has 0 aromatic heterocycles. The molecule has 2 saturated heterocycles. The van der Waals surface area contributed by atoms with Crippen molar-refractivity contribution < 1.29 is 19.4 Å². The van der Waals surface area contributed by atoms with E-state index in [9.17, 15) is 14.7 Å². The van der Waals surface area contributed by atoms with Crippen molar-refractivity contribution in [1.82, 2.24) is 14.7 Å². The Balaban J connectivity index is 1.60. The molecule has 7 nitrogen and oxygen atoms in total. The Labute approximate surface area is 160 Å². The molecule has 2 fully saturated rings. The second kappa shape index (κ2) is 9.19.